The Morgan fingerprint density at radius 3 is 2.86 bits per heavy atom. The Bertz CT molecular complexity index is 641. The Labute approximate surface area is 132 Å². The van der Waals surface area contributed by atoms with Crippen molar-refractivity contribution < 1.29 is 9.32 Å². The molecule has 0 spiro atoms. The van der Waals surface area contributed by atoms with Crippen LogP contribution in [0.2, 0.25) is 5.02 Å². The molecular weight excluding hydrogens is 308 g/mol. The molecule has 110 valence electrons. The summed E-state index contributed by atoms with van der Waals surface area (Å²) in [6, 6.07) is 9.40. The summed E-state index contributed by atoms with van der Waals surface area (Å²) in [5.41, 5.74) is 1.81. The fraction of sp³-hybridized carbons (Fsp3) is 0.333. The van der Waals surface area contributed by atoms with E-state index in [0.29, 0.717) is 23.0 Å². The first-order valence-electron chi connectivity index (χ1n) is 6.72. The van der Waals surface area contributed by atoms with Crippen molar-refractivity contribution in [2.45, 2.75) is 13.0 Å². The third-order valence-electron chi connectivity index (χ3n) is 3.48. The van der Waals surface area contributed by atoms with E-state index in [0.717, 1.165) is 17.1 Å². The molecule has 4 nitrogen and oxygen atoms in total. The van der Waals surface area contributed by atoms with E-state index < -0.39 is 0 Å². The molecule has 0 saturated carbocycles. The quantitative estimate of drug-likeness (QED) is 0.848. The molecule has 1 amide bonds. The lowest BCUT2D eigenvalue weighted by molar-refractivity contribution is 0.0658. The Kier molecular flexibility index (Phi) is 4.22. The number of hydrogen-bond donors (Lipinski definition) is 0. The Morgan fingerprint density at radius 1 is 1.43 bits per heavy atom. The number of nitrogens with zero attached hydrogens (tertiary/aromatic N) is 2. The molecule has 0 bridgehead atoms. The van der Waals surface area contributed by atoms with Crippen molar-refractivity contribution in [1.29, 1.82) is 0 Å². The highest BCUT2D eigenvalue weighted by Crippen LogP contribution is 2.31. The molecule has 0 N–H and O–H groups in total. The highest BCUT2D eigenvalue weighted by atomic mass is 35.5. The summed E-state index contributed by atoms with van der Waals surface area (Å²) in [5.74, 6) is 2.01. The second-order valence-corrected chi connectivity index (χ2v) is 6.56. The van der Waals surface area contributed by atoms with Gasteiger partial charge in [0.2, 0.25) is 5.76 Å². The van der Waals surface area contributed by atoms with E-state index in [1.165, 1.54) is 0 Å². The van der Waals surface area contributed by atoms with Gasteiger partial charge < -0.3 is 9.42 Å². The lowest BCUT2D eigenvalue weighted by Crippen LogP contribution is -2.40. The maximum Gasteiger partial charge on any atom is 0.293 e. The second kappa shape index (κ2) is 6.12. The van der Waals surface area contributed by atoms with E-state index in [1.54, 1.807) is 6.07 Å². The Morgan fingerprint density at radius 2 is 2.19 bits per heavy atom. The van der Waals surface area contributed by atoms with Crippen molar-refractivity contribution in [3.63, 3.8) is 0 Å². The van der Waals surface area contributed by atoms with Gasteiger partial charge in [-0.05, 0) is 24.6 Å². The summed E-state index contributed by atoms with van der Waals surface area (Å²) in [7, 11) is 0. The summed E-state index contributed by atoms with van der Waals surface area (Å²) in [5, 5.41) is 4.50. The van der Waals surface area contributed by atoms with Crippen LogP contribution in [0.15, 0.2) is 34.9 Å². The van der Waals surface area contributed by atoms with Crippen LogP contribution >= 0.6 is 23.4 Å². The summed E-state index contributed by atoms with van der Waals surface area (Å²) in [6.07, 6.45) is 0. The molecule has 2 aromatic rings. The molecule has 1 saturated heterocycles. The molecule has 1 fully saturated rings. The first-order chi connectivity index (χ1) is 10.1. The number of halogens is 1. The van der Waals surface area contributed by atoms with Crippen molar-refractivity contribution >= 4 is 29.3 Å². The van der Waals surface area contributed by atoms with Crippen LogP contribution in [-0.2, 0) is 0 Å². The first-order valence-corrected chi connectivity index (χ1v) is 8.26. The molecule has 21 heavy (non-hydrogen) atoms. The monoisotopic (exact) mass is 322 g/mol. The van der Waals surface area contributed by atoms with Gasteiger partial charge in [0.1, 0.15) is 0 Å². The number of aromatic nitrogens is 1. The normalized spacial score (nSPS) is 18.8. The van der Waals surface area contributed by atoms with Crippen molar-refractivity contribution in [2.24, 2.45) is 0 Å². The van der Waals surface area contributed by atoms with Crippen molar-refractivity contribution in [3.8, 4) is 0 Å². The van der Waals surface area contributed by atoms with Crippen LogP contribution in [0.3, 0.4) is 0 Å². The third-order valence-corrected chi connectivity index (χ3v) is 4.76. The minimum absolute atomic E-state index is 0.0407. The predicted molar refractivity (Wildman–Crippen MR) is 83.8 cm³/mol. The third kappa shape index (κ3) is 3.09. The Hall–Kier alpha value is -1.46. The summed E-state index contributed by atoms with van der Waals surface area (Å²) in [4.78, 5) is 14.5. The zero-order valence-corrected chi connectivity index (χ0v) is 13.2. The molecule has 2 heterocycles. The number of aryl methyl sites for hydroxylation is 1. The minimum atomic E-state index is -0.101. The first kappa shape index (κ1) is 14.5. The van der Waals surface area contributed by atoms with Gasteiger partial charge in [0.25, 0.3) is 5.91 Å². The van der Waals surface area contributed by atoms with E-state index in [1.807, 2.05) is 47.9 Å². The number of carbonyl (C=O) groups excluding carboxylic acids is 1. The lowest BCUT2D eigenvalue weighted by Gasteiger charge is -2.35. The van der Waals surface area contributed by atoms with Gasteiger partial charge in [0.05, 0.1) is 11.7 Å². The fourth-order valence-corrected chi connectivity index (χ4v) is 3.63. The molecule has 1 aliphatic heterocycles. The topological polar surface area (TPSA) is 46.3 Å². The summed E-state index contributed by atoms with van der Waals surface area (Å²) < 4.78 is 5.11. The number of carbonyl (C=O) groups is 1. The fourth-order valence-electron chi connectivity index (χ4n) is 2.41. The van der Waals surface area contributed by atoms with Gasteiger partial charge in [-0.25, -0.2) is 0 Å². The van der Waals surface area contributed by atoms with E-state index in [-0.39, 0.29) is 11.9 Å². The van der Waals surface area contributed by atoms with Gasteiger partial charge in [-0.1, -0.05) is 28.9 Å². The van der Waals surface area contributed by atoms with Crippen LogP contribution < -0.4 is 0 Å². The minimum Gasteiger partial charge on any atom is -0.351 e. The van der Waals surface area contributed by atoms with Gasteiger partial charge in [-0.2, -0.15) is 11.8 Å². The van der Waals surface area contributed by atoms with Crippen LogP contribution in [-0.4, -0.2) is 34.0 Å². The highest BCUT2D eigenvalue weighted by molar-refractivity contribution is 7.99. The second-order valence-electron chi connectivity index (χ2n) is 4.97. The maximum atomic E-state index is 12.6. The smallest absolute Gasteiger partial charge is 0.293 e. The lowest BCUT2D eigenvalue weighted by atomic mass is 10.1. The van der Waals surface area contributed by atoms with Gasteiger partial charge in [0.15, 0.2) is 0 Å². The van der Waals surface area contributed by atoms with Gasteiger partial charge in [-0.3, -0.25) is 4.79 Å². The van der Waals surface area contributed by atoms with Crippen molar-refractivity contribution in [2.75, 3.05) is 18.1 Å². The van der Waals surface area contributed by atoms with Crippen LogP contribution in [0.4, 0.5) is 0 Å². The highest BCUT2D eigenvalue weighted by Gasteiger charge is 2.30. The number of benzene rings is 1. The zero-order valence-electron chi connectivity index (χ0n) is 11.6. The molecule has 1 aromatic carbocycles. The van der Waals surface area contributed by atoms with Crippen molar-refractivity contribution in [3.05, 3.63) is 52.4 Å². The largest absolute Gasteiger partial charge is 0.351 e. The number of thioether (sulfide) groups is 1. The van der Waals surface area contributed by atoms with E-state index >= 15 is 0 Å². The summed E-state index contributed by atoms with van der Waals surface area (Å²) >= 11 is 7.79. The number of hydrogen-bond acceptors (Lipinski definition) is 4. The number of amides is 1. The molecular formula is C15H15ClN2O2S. The van der Waals surface area contributed by atoms with Crippen molar-refractivity contribution in [1.82, 2.24) is 10.1 Å². The average Bonchev–Trinajstić information content (AvgIpc) is 2.94. The van der Waals surface area contributed by atoms with Crippen LogP contribution in [0, 0.1) is 6.92 Å². The molecule has 3 rings (SSSR count). The van der Waals surface area contributed by atoms with Crippen LogP contribution in [0.1, 0.15) is 27.9 Å². The zero-order chi connectivity index (χ0) is 14.8. The van der Waals surface area contributed by atoms with E-state index in [4.69, 9.17) is 16.1 Å². The molecule has 1 aliphatic rings. The van der Waals surface area contributed by atoms with Gasteiger partial charge in [0, 0.05) is 29.1 Å². The Balaban J connectivity index is 1.87. The summed E-state index contributed by atoms with van der Waals surface area (Å²) in [6.45, 7) is 2.51. The molecule has 0 radical (unpaired) electrons. The predicted octanol–water partition coefficient (Wildman–Crippen LogP) is 3.57. The van der Waals surface area contributed by atoms with Crippen LogP contribution in [0.5, 0.6) is 0 Å². The number of rotatable bonds is 2. The standard InChI is InChI=1S/C15H15ClN2O2S/c1-10-8-14(20-17-10)15(19)18-6-7-21-9-13(18)11-2-4-12(16)5-3-11/h2-5,8,13H,6-7,9H2,1H3/t13-/m1/s1. The molecule has 1 aromatic heterocycles. The van der Waals surface area contributed by atoms with E-state index in [9.17, 15) is 4.79 Å². The van der Waals surface area contributed by atoms with E-state index in [2.05, 4.69) is 5.16 Å². The van der Waals surface area contributed by atoms with Gasteiger partial charge >= 0.3 is 0 Å². The SMILES string of the molecule is Cc1cc(C(=O)N2CCSC[C@@H]2c2ccc(Cl)cc2)on1. The molecule has 0 unspecified atom stereocenters. The molecule has 0 aliphatic carbocycles. The molecule has 1 atom stereocenters. The molecule has 6 heteroatoms. The van der Waals surface area contributed by atoms with Gasteiger partial charge in [-0.15, -0.1) is 0 Å². The maximum absolute atomic E-state index is 12.6. The average molecular weight is 323 g/mol. The van der Waals surface area contributed by atoms with Crippen LogP contribution in [0.25, 0.3) is 0 Å².